The Morgan fingerprint density at radius 1 is 0.600 bits per heavy atom. The standard InChI is InChI=1S/C26H16BrN3/c27-22-13-9-17-8-12-21-23(14-10-18-7-11-20(22)24(17)25(18)21)30(19-5-2-1-3-6-19)26-28-15-4-16-29-26/h1-16H. The Morgan fingerprint density at radius 2 is 1.23 bits per heavy atom. The molecule has 0 aliphatic rings. The number of nitrogens with zero attached hydrogens (tertiary/aromatic N) is 3. The van der Waals surface area contributed by atoms with Crippen LogP contribution in [0.1, 0.15) is 0 Å². The summed E-state index contributed by atoms with van der Waals surface area (Å²) in [7, 11) is 0. The summed E-state index contributed by atoms with van der Waals surface area (Å²) in [6, 6.07) is 29.6. The van der Waals surface area contributed by atoms with Crippen molar-refractivity contribution in [1.82, 2.24) is 9.97 Å². The van der Waals surface area contributed by atoms with E-state index in [1.807, 2.05) is 24.3 Å². The van der Waals surface area contributed by atoms with Crippen LogP contribution in [0.5, 0.6) is 0 Å². The molecular formula is C26H16BrN3. The van der Waals surface area contributed by atoms with Crippen molar-refractivity contribution in [1.29, 1.82) is 0 Å². The molecule has 142 valence electrons. The quantitative estimate of drug-likeness (QED) is 0.260. The summed E-state index contributed by atoms with van der Waals surface area (Å²) < 4.78 is 1.11. The Kier molecular flexibility index (Phi) is 3.93. The number of halogens is 1. The van der Waals surface area contributed by atoms with Gasteiger partial charge in [-0.3, -0.25) is 4.90 Å². The van der Waals surface area contributed by atoms with E-state index in [0.29, 0.717) is 5.95 Å². The molecule has 6 rings (SSSR count). The summed E-state index contributed by atoms with van der Waals surface area (Å²) in [5, 5.41) is 7.42. The minimum Gasteiger partial charge on any atom is -0.279 e. The average Bonchev–Trinajstić information content (AvgIpc) is 2.81. The Morgan fingerprint density at radius 3 is 2.00 bits per heavy atom. The van der Waals surface area contributed by atoms with Gasteiger partial charge in [0.15, 0.2) is 0 Å². The smallest absolute Gasteiger partial charge is 0.234 e. The van der Waals surface area contributed by atoms with Gasteiger partial charge in [0.25, 0.3) is 0 Å². The molecule has 6 aromatic rings. The molecule has 0 aliphatic heterocycles. The Balaban J connectivity index is 1.73. The van der Waals surface area contributed by atoms with Gasteiger partial charge in [0.1, 0.15) is 0 Å². The predicted molar refractivity (Wildman–Crippen MR) is 128 cm³/mol. The van der Waals surface area contributed by atoms with E-state index in [1.54, 1.807) is 12.4 Å². The predicted octanol–water partition coefficient (Wildman–Crippen LogP) is 7.61. The van der Waals surface area contributed by atoms with E-state index >= 15 is 0 Å². The zero-order valence-electron chi connectivity index (χ0n) is 16.0. The number of aromatic nitrogens is 2. The fourth-order valence-electron chi connectivity index (χ4n) is 4.29. The molecule has 5 aromatic carbocycles. The normalized spacial score (nSPS) is 11.5. The maximum Gasteiger partial charge on any atom is 0.234 e. The fourth-order valence-corrected chi connectivity index (χ4v) is 4.75. The highest BCUT2D eigenvalue weighted by Gasteiger charge is 2.19. The number of anilines is 3. The van der Waals surface area contributed by atoms with Crippen LogP contribution in [0.4, 0.5) is 17.3 Å². The Hall–Kier alpha value is -3.50. The maximum absolute atomic E-state index is 4.56. The van der Waals surface area contributed by atoms with E-state index in [1.165, 1.54) is 32.3 Å². The van der Waals surface area contributed by atoms with Gasteiger partial charge in [-0.05, 0) is 57.3 Å². The van der Waals surface area contributed by atoms with Crippen LogP contribution in [0.2, 0.25) is 0 Å². The molecule has 1 heterocycles. The summed E-state index contributed by atoms with van der Waals surface area (Å²) in [5.41, 5.74) is 2.09. The van der Waals surface area contributed by atoms with Gasteiger partial charge in [-0.2, -0.15) is 0 Å². The van der Waals surface area contributed by atoms with Crippen LogP contribution in [0, 0.1) is 0 Å². The lowest BCUT2D eigenvalue weighted by Crippen LogP contribution is -2.13. The SMILES string of the molecule is Brc1ccc2ccc3c(N(c4ccccc4)c4ncccn4)ccc4ccc1c2c43. The molecule has 0 bridgehead atoms. The minimum atomic E-state index is 0.653. The number of rotatable bonds is 3. The highest BCUT2D eigenvalue weighted by Crippen LogP contribution is 2.43. The molecule has 0 unspecified atom stereocenters. The van der Waals surface area contributed by atoms with Gasteiger partial charge in [-0.1, -0.05) is 70.5 Å². The lowest BCUT2D eigenvalue weighted by molar-refractivity contribution is 1.08. The van der Waals surface area contributed by atoms with Gasteiger partial charge in [0.05, 0.1) is 5.69 Å². The second-order valence-corrected chi connectivity index (χ2v) is 8.13. The number of benzene rings is 5. The van der Waals surface area contributed by atoms with Gasteiger partial charge >= 0.3 is 0 Å². The third-order valence-corrected chi connectivity index (χ3v) is 6.29. The van der Waals surface area contributed by atoms with Crippen LogP contribution in [0.15, 0.2) is 102 Å². The lowest BCUT2D eigenvalue weighted by Gasteiger charge is -2.25. The largest absolute Gasteiger partial charge is 0.279 e. The summed E-state index contributed by atoms with van der Waals surface area (Å²) in [6.45, 7) is 0. The first-order valence-corrected chi connectivity index (χ1v) is 10.6. The van der Waals surface area contributed by atoms with Gasteiger partial charge in [0.2, 0.25) is 5.95 Å². The third-order valence-electron chi connectivity index (χ3n) is 5.60. The van der Waals surface area contributed by atoms with Crippen molar-refractivity contribution in [2.75, 3.05) is 4.90 Å². The average molecular weight is 450 g/mol. The number of hydrogen-bond acceptors (Lipinski definition) is 3. The van der Waals surface area contributed by atoms with Crippen LogP contribution in [-0.4, -0.2) is 9.97 Å². The van der Waals surface area contributed by atoms with Crippen molar-refractivity contribution in [3.05, 3.63) is 102 Å². The summed E-state index contributed by atoms with van der Waals surface area (Å²) in [4.78, 5) is 11.3. The van der Waals surface area contributed by atoms with Crippen molar-refractivity contribution in [3.8, 4) is 0 Å². The molecule has 0 aliphatic carbocycles. The summed E-state index contributed by atoms with van der Waals surface area (Å²) >= 11 is 3.73. The van der Waals surface area contributed by atoms with Crippen LogP contribution in [-0.2, 0) is 0 Å². The highest BCUT2D eigenvalue weighted by molar-refractivity contribution is 9.10. The summed E-state index contributed by atoms with van der Waals surface area (Å²) in [5.74, 6) is 0.653. The lowest BCUT2D eigenvalue weighted by atomic mass is 9.93. The van der Waals surface area contributed by atoms with Crippen molar-refractivity contribution >= 4 is 65.6 Å². The number of para-hydroxylation sites is 1. The fraction of sp³-hybridized carbons (Fsp3) is 0. The molecule has 0 saturated heterocycles. The molecule has 4 heteroatoms. The molecule has 3 nitrogen and oxygen atoms in total. The first-order valence-electron chi connectivity index (χ1n) is 9.79. The Labute approximate surface area is 182 Å². The first kappa shape index (κ1) is 17.4. The van der Waals surface area contributed by atoms with Gasteiger partial charge in [-0.15, -0.1) is 0 Å². The van der Waals surface area contributed by atoms with E-state index < -0.39 is 0 Å². The van der Waals surface area contributed by atoms with Crippen LogP contribution >= 0.6 is 15.9 Å². The van der Waals surface area contributed by atoms with Gasteiger partial charge in [-0.25, -0.2) is 9.97 Å². The van der Waals surface area contributed by atoms with Gasteiger partial charge in [0, 0.05) is 27.9 Å². The van der Waals surface area contributed by atoms with E-state index in [2.05, 4.69) is 91.5 Å². The molecular weight excluding hydrogens is 434 g/mol. The Bertz CT molecular complexity index is 1460. The second-order valence-electron chi connectivity index (χ2n) is 7.27. The first-order chi connectivity index (χ1) is 14.8. The van der Waals surface area contributed by atoms with Crippen molar-refractivity contribution in [2.24, 2.45) is 0 Å². The molecule has 0 spiro atoms. The van der Waals surface area contributed by atoms with E-state index in [-0.39, 0.29) is 0 Å². The number of hydrogen-bond donors (Lipinski definition) is 0. The molecule has 0 fully saturated rings. The molecule has 0 radical (unpaired) electrons. The molecule has 0 saturated carbocycles. The van der Waals surface area contributed by atoms with E-state index in [4.69, 9.17) is 0 Å². The van der Waals surface area contributed by atoms with Crippen LogP contribution < -0.4 is 4.90 Å². The highest BCUT2D eigenvalue weighted by atomic mass is 79.9. The molecule has 0 amide bonds. The third kappa shape index (κ3) is 2.57. The summed E-state index contributed by atoms with van der Waals surface area (Å²) in [6.07, 6.45) is 3.57. The zero-order chi connectivity index (χ0) is 20.1. The van der Waals surface area contributed by atoms with Crippen molar-refractivity contribution in [3.63, 3.8) is 0 Å². The molecule has 1 aromatic heterocycles. The monoisotopic (exact) mass is 449 g/mol. The minimum absolute atomic E-state index is 0.653. The molecule has 0 atom stereocenters. The molecule has 30 heavy (non-hydrogen) atoms. The molecule has 0 N–H and O–H groups in total. The van der Waals surface area contributed by atoms with Crippen molar-refractivity contribution < 1.29 is 0 Å². The topological polar surface area (TPSA) is 29.0 Å². The second kappa shape index (κ2) is 6.78. The van der Waals surface area contributed by atoms with Crippen LogP contribution in [0.3, 0.4) is 0 Å². The zero-order valence-corrected chi connectivity index (χ0v) is 17.5. The van der Waals surface area contributed by atoms with Gasteiger partial charge < -0.3 is 0 Å². The van der Waals surface area contributed by atoms with Crippen molar-refractivity contribution in [2.45, 2.75) is 0 Å². The van der Waals surface area contributed by atoms with E-state index in [9.17, 15) is 0 Å². The van der Waals surface area contributed by atoms with Crippen LogP contribution in [0.25, 0.3) is 32.3 Å². The van der Waals surface area contributed by atoms with E-state index in [0.717, 1.165) is 15.8 Å². The maximum atomic E-state index is 4.56.